The van der Waals surface area contributed by atoms with Crippen molar-refractivity contribution in [2.75, 3.05) is 19.6 Å². The number of carbonyl (C=O) groups is 1. The zero-order chi connectivity index (χ0) is 14.1. The molecular weight excluding hydrogens is 236 g/mol. The molecule has 0 radical (unpaired) electrons. The Labute approximate surface area is 119 Å². The molecule has 0 spiro atoms. The second-order valence-corrected chi connectivity index (χ2v) is 6.14. The van der Waals surface area contributed by atoms with E-state index >= 15 is 0 Å². The van der Waals surface area contributed by atoms with E-state index in [-0.39, 0.29) is 5.54 Å². The van der Waals surface area contributed by atoms with Gasteiger partial charge in [-0.25, -0.2) is 0 Å². The quantitative estimate of drug-likeness (QED) is 0.616. The van der Waals surface area contributed by atoms with Crippen molar-refractivity contribution < 1.29 is 4.79 Å². The molecule has 1 aliphatic rings. The second-order valence-electron chi connectivity index (χ2n) is 6.14. The van der Waals surface area contributed by atoms with Crippen LogP contribution in [0.4, 0.5) is 0 Å². The summed E-state index contributed by atoms with van der Waals surface area (Å²) in [6.07, 6.45) is 9.51. The molecule has 1 heterocycles. The minimum Gasteiger partial charge on any atom is -0.341 e. The highest BCUT2D eigenvalue weighted by Crippen LogP contribution is 2.19. The first-order valence-electron chi connectivity index (χ1n) is 8.14. The predicted octanol–water partition coefficient (Wildman–Crippen LogP) is 3.34. The number of unbranched alkanes of at least 4 members (excludes halogenated alkanes) is 3. The molecule has 1 amide bonds. The Hall–Kier alpha value is -0.570. The summed E-state index contributed by atoms with van der Waals surface area (Å²) in [7, 11) is 0. The number of likely N-dealkylation sites (tertiary alicyclic amines) is 1. The van der Waals surface area contributed by atoms with Crippen LogP contribution < -0.4 is 5.32 Å². The Morgan fingerprint density at radius 3 is 2.63 bits per heavy atom. The van der Waals surface area contributed by atoms with Crippen molar-refractivity contribution in [3.63, 3.8) is 0 Å². The van der Waals surface area contributed by atoms with Crippen LogP contribution in [0.5, 0.6) is 0 Å². The molecule has 0 aromatic heterocycles. The number of rotatable bonds is 10. The summed E-state index contributed by atoms with van der Waals surface area (Å²) in [5, 5.41) is 3.68. The van der Waals surface area contributed by atoms with E-state index in [1.54, 1.807) is 0 Å². The number of nitrogens with one attached hydrogen (secondary N) is 1. The van der Waals surface area contributed by atoms with Crippen molar-refractivity contribution in [2.45, 2.75) is 77.7 Å². The average molecular weight is 268 g/mol. The van der Waals surface area contributed by atoms with Crippen molar-refractivity contribution in [2.24, 2.45) is 0 Å². The fraction of sp³-hybridized carbons (Fsp3) is 0.938. The van der Waals surface area contributed by atoms with E-state index in [0.29, 0.717) is 5.91 Å². The first kappa shape index (κ1) is 16.5. The highest BCUT2D eigenvalue weighted by Gasteiger charge is 2.23. The van der Waals surface area contributed by atoms with Gasteiger partial charge in [0.1, 0.15) is 0 Å². The van der Waals surface area contributed by atoms with Gasteiger partial charge in [-0.15, -0.1) is 0 Å². The van der Waals surface area contributed by atoms with Crippen LogP contribution in [0.25, 0.3) is 0 Å². The Balaban J connectivity index is 2.20. The molecule has 1 unspecified atom stereocenters. The van der Waals surface area contributed by atoms with Gasteiger partial charge in [0.2, 0.25) is 5.91 Å². The Bertz CT molecular complexity index is 267. The van der Waals surface area contributed by atoms with Gasteiger partial charge in [0.25, 0.3) is 0 Å². The third-order valence-corrected chi connectivity index (χ3v) is 4.47. The van der Waals surface area contributed by atoms with Crippen LogP contribution in [0.2, 0.25) is 0 Å². The fourth-order valence-corrected chi connectivity index (χ4v) is 2.77. The van der Waals surface area contributed by atoms with E-state index in [9.17, 15) is 4.79 Å². The number of nitrogens with zero attached hydrogens (tertiary/aromatic N) is 1. The van der Waals surface area contributed by atoms with Gasteiger partial charge in [-0.05, 0) is 26.2 Å². The van der Waals surface area contributed by atoms with E-state index in [1.165, 1.54) is 32.1 Å². The van der Waals surface area contributed by atoms with E-state index in [0.717, 1.165) is 38.9 Å². The van der Waals surface area contributed by atoms with Crippen molar-refractivity contribution in [3.05, 3.63) is 0 Å². The SMILES string of the molecule is CCCCCCC(C)(CC)NCCN1CCCC1=O. The third-order valence-electron chi connectivity index (χ3n) is 4.47. The molecule has 0 aromatic rings. The molecule has 3 nitrogen and oxygen atoms in total. The highest BCUT2D eigenvalue weighted by atomic mass is 16.2. The van der Waals surface area contributed by atoms with E-state index in [1.807, 2.05) is 4.90 Å². The second kappa shape index (κ2) is 8.57. The van der Waals surface area contributed by atoms with Gasteiger partial charge < -0.3 is 10.2 Å². The van der Waals surface area contributed by atoms with Crippen LogP contribution in [0.1, 0.15) is 72.1 Å². The topological polar surface area (TPSA) is 32.3 Å². The Morgan fingerprint density at radius 2 is 2.05 bits per heavy atom. The standard InChI is InChI=1S/C16H32N2O/c1-4-6-7-8-11-16(3,5-2)17-12-14-18-13-9-10-15(18)19/h17H,4-14H2,1-3H3. The minimum atomic E-state index is 0.247. The van der Waals surface area contributed by atoms with Crippen LogP contribution in [0.3, 0.4) is 0 Å². The molecule has 3 heteroatoms. The summed E-state index contributed by atoms with van der Waals surface area (Å²) in [5.41, 5.74) is 0.247. The van der Waals surface area contributed by atoms with Crippen molar-refractivity contribution in [1.29, 1.82) is 0 Å². The van der Waals surface area contributed by atoms with Crippen molar-refractivity contribution in [3.8, 4) is 0 Å². The van der Waals surface area contributed by atoms with E-state index < -0.39 is 0 Å². The normalized spacial score (nSPS) is 18.9. The summed E-state index contributed by atoms with van der Waals surface area (Å²) in [4.78, 5) is 13.5. The largest absolute Gasteiger partial charge is 0.341 e. The van der Waals surface area contributed by atoms with Crippen LogP contribution in [-0.2, 0) is 4.79 Å². The van der Waals surface area contributed by atoms with E-state index in [2.05, 4.69) is 26.1 Å². The van der Waals surface area contributed by atoms with E-state index in [4.69, 9.17) is 0 Å². The Morgan fingerprint density at radius 1 is 1.26 bits per heavy atom. The molecule has 0 bridgehead atoms. The molecule has 1 aliphatic heterocycles. The number of hydrogen-bond acceptors (Lipinski definition) is 2. The molecule has 0 aliphatic carbocycles. The molecule has 0 saturated carbocycles. The third kappa shape index (κ3) is 5.94. The lowest BCUT2D eigenvalue weighted by atomic mass is 9.91. The lowest BCUT2D eigenvalue weighted by Gasteiger charge is -2.31. The number of amides is 1. The summed E-state index contributed by atoms with van der Waals surface area (Å²) in [6, 6.07) is 0. The number of carbonyl (C=O) groups excluding carboxylic acids is 1. The summed E-state index contributed by atoms with van der Waals surface area (Å²) in [5.74, 6) is 0.336. The van der Waals surface area contributed by atoms with Crippen LogP contribution in [-0.4, -0.2) is 36.0 Å². The van der Waals surface area contributed by atoms with Gasteiger partial charge in [0.15, 0.2) is 0 Å². The molecule has 1 rings (SSSR count). The maximum atomic E-state index is 11.5. The van der Waals surface area contributed by atoms with Gasteiger partial charge in [0, 0.05) is 31.6 Å². The molecular formula is C16H32N2O. The van der Waals surface area contributed by atoms with Gasteiger partial charge in [-0.1, -0.05) is 39.5 Å². The van der Waals surface area contributed by atoms with Crippen molar-refractivity contribution >= 4 is 5.91 Å². The highest BCUT2D eigenvalue weighted by molar-refractivity contribution is 5.78. The molecule has 1 N–H and O–H groups in total. The summed E-state index contributed by atoms with van der Waals surface area (Å²) >= 11 is 0. The molecule has 19 heavy (non-hydrogen) atoms. The monoisotopic (exact) mass is 268 g/mol. The number of hydrogen-bond donors (Lipinski definition) is 1. The lowest BCUT2D eigenvalue weighted by Crippen LogP contribution is -2.45. The Kier molecular flexibility index (Phi) is 7.44. The molecule has 1 fully saturated rings. The fourth-order valence-electron chi connectivity index (χ4n) is 2.77. The summed E-state index contributed by atoms with van der Waals surface area (Å²) < 4.78 is 0. The van der Waals surface area contributed by atoms with Gasteiger partial charge >= 0.3 is 0 Å². The molecule has 1 atom stereocenters. The smallest absolute Gasteiger partial charge is 0.222 e. The molecule has 0 aromatic carbocycles. The van der Waals surface area contributed by atoms with Crippen molar-refractivity contribution in [1.82, 2.24) is 10.2 Å². The van der Waals surface area contributed by atoms with Crippen LogP contribution in [0, 0.1) is 0 Å². The zero-order valence-electron chi connectivity index (χ0n) is 13.1. The summed E-state index contributed by atoms with van der Waals surface area (Å²) in [6.45, 7) is 9.61. The maximum absolute atomic E-state index is 11.5. The zero-order valence-corrected chi connectivity index (χ0v) is 13.1. The molecule has 1 saturated heterocycles. The minimum absolute atomic E-state index is 0.247. The maximum Gasteiger partial charge on any atom is 0.222 e. The van der Waals surface area contributed by atoms with Gasteiger partial charge in [-0.2, -0.15) is 0 Å². The van der Waals surface area contributed by atoms with Gasteiger partial charge in [0.05, 0.1) is 0 Å². The average Bonchev–Trinajstić information content (AvgIpc) is 2.81. The van der Waals surface area contributed by atoms with Gasteiger partial charge in [-0.3, -0.25) is 4.79 Å². The molecule has 112 valence electrons. The lowest BCUT2D eigenvalue weighted by molar-refractivity contribution is -0.127. The van der Waals surface area contributed by atoms with Crippen LogP contribution >= 0.6 is 0 Å². The predicted molar refractivity (Wildman–Crippen MR) is 81.3 cm³/mol. The first-order valence-corrected chi connectivity index (χ1v) is 8.14. The van der Waals surface area contributed by atoms with Crippen LogP contribution in [0.15, 0.2) is 0 Å². The first-order chi connectivity index (χ1) is 9.11.